The summed E-state index contributed by atoms with van der Waals surface area (Å²) in [5.41, 5.74) is -0.576. The van der Waals surface area contributed by atoms with E-state index in [1.54, 1.807) is 18.2 Å². The summed E-state index contributed by atoms with van der Waals surface area (Å²) in [6.45, 7) is 0.872. The first-order chi connectivity index (χ1) is 13.4. The molecule has 144 valence electrons. The van der Waals surface area contributed by atoms with Crippen LogP contribution < -0.4 is 14.8 Å². The Kier molecular flexibility index (Phi) is 4.38. The Morgan fingerprint density at radius 3 is 2.57 bits per heavy atom. The van der Waals surface area contributed by atoms with Gasteiger partial charge in [-0.1, -0.05) is 11.2 Å². The molecule has 0 saturated carbocycles. The number of hydrogen-bond acceptors (Lipinski definition) is 6. The van der Waals surface area contributed by atoms with E-state index in [9.17, 15) is 18.0 Å². The quantitative estimate of drug-likeness (QED) is 0.731. The molecule has 0 fully saturated rings. The molecule has 2 aromatic carbocycles. The number of nitrogens with zero attached hydrogens (tertiary/aromatic N) is 2. The van der Waals surface area contributed by atoms with E-state index in [-0.39, 0.29) is 17.5 Å². The van der Waals surface area contributed by atoms with Crippen molar-refractivity contribution < 1.29 is 31.9 Å². The van der Waals surface area contributed by atoms with Gasteiger partial charge in [0.25, 0.3) is 5.91 Å². The number of amides is 1. The van der Waals surface area contributed by atoms with Crippen LogP contribution in [0.2, 0.25) is 0 Å². The van der Waals surface area contributed by atoms with Crippen molar-refractivity contribution in [3.05, 3.63) is 53.6 Å². The highest BCUT2D eigenvalue weighted by Gasteiger charge is 2.31. The normalized spacial score (nSPS) is 13.2. The molecule has 7 nitrogen and oxygen atoms in total. The zero-order valence-electron chi connectivity index (χ0n) is 14.1. The van der Waals surface area contributed by atoms with Crippen molar-refractivity contribution in [3.63, 3.8) is 0 Å². The molecule has 0 bridgehead atoms. The monoisotopic (exact) mass is 391 g/mol. The van der Waals surface area contributed by atoms with Crippen molar-refractivity contribution in [2.24, 2.45) is 0 Å². The fourth-order valence-corrected chi connectivity index (χ4v) is 2.57. The van der Waals surface area contributed by atoms with E-state index in [2.05, 4.69) is 15.5 Å². The number of alkyl halides is 3. The molecule has 1 aliphatic heterocycles. The van der Waals surface area contributed by atoms with E-state index in [1.165, 1.54) is 6.07 Å². The lowest BCUT2D eigenvalue weighted by Crippen LogP contribution is -2.15. The molecule has 0 aliphatic carbocycles. The molecular weight excluding hydrogens is 379 g/mol. The molecule has 4 rings (SSSR count). The van der Waals surface area contributed by atoms with Crippen molar-refractivity contribution in [1.82, 2.24) is 10.2 Å². The Morgan fingerprint density at radius 1 is 1.00 bits per heavy atom. The smallest absolute Gasteiger partial charge is 0.416 e. The maximum atomic E-state index is 12.8. The van der Waals surface area contributed by atoms with Crippen LogP contribution in [0.25, 0.3) is 11.5 Å². The third-order valence-electron chi connectivity index (χ3n) is 3.89. The molecule has 28 heavy (non-hydrogen) atoms. The van der Waals surface area contributed by atoms with Gasteiger partial charge in [-0.2, -0.15) is 13.2 Å². The average molecular weight is 391 g/mol. The number of fused-ring (bicyclic) bond motifs is 1. The van der Waals surface area contributed by atoms with Crippen LogP contribution in [0.3, 0.4) is 0 Å². The minimum absolute atomic E-state index is 0.108. The summed E-state index contributed by atoms with van der Waals surface area (Å²) in [5, 5.41) is 9.82. The van der Waals surface area contributed by atoms with Crippen LogP contribution in [-0.4, -0.2) is 29.3 Å². The summed E-state index contributed by atoms with van der Waals surface area (Å²) in [6, 6.07) is 8.80. The minimum atomic E-state index is -4.55. The summed E-state index contributed by atoms with van der Waals surface area (Å²) in [6.07, 6.45) is -4.55. The topological polar surface area (TPSA) is 86.5 Å². The largest absolute Gasteiger partial charge is 0.486 e. The number of nitrogens with one attached hydrogen (secondary N) is 1. The van der Waals surface area contributed by atoms with E-state index in [4.69, 9.17) is 13.9 Å². The first kappa shape index (κ1) is 17.8. The molecular formula is C18H12F3N3O4. The lowest BCUT2D eigenvalue weighted by Gasteiger charge is -2.18. The second-order valence-electron chi connectivity index (χ2n) is 5.80. The second kappa shape index (κ2) is 6.87. The first-order valence-corrected chi connectivity index (χ1v) is 8.12. The number of ether oxygens (including phenoxy) is 2. The summed E-state index contributed by atoms with van der Waals surface area (Å²) < 4.78 is 54.6. The zero-order valence-corrected chi connectivity index (χ0v) is 14.1. The number of anilines is 1. The van der Waals surface area contributed by atoms with Gasteiger partial charge in [0.2, 0.25) is 5.89 Å². The average Bonchev–Trinajstić information content (AvgIpc) is 3.15. The van der Waals surface area contributed by atoms with Gasteiger partial charge in [-0.3, -0.25) is 10.1 Å². The van der Waals surface area contributed by atoms with Gasteiger partial charge < -0.3 is 13.9 Å². The van der Waals surface area contributed by atoms with Crippen molar-refractivity contribution in [3.8, 4) is 23.0 Å². The third-order valence-corrected chi connectivity index (χ3v) is 3.89. The summed E-state index contributed by atoms with van der Waals surface area (Å²) >= 11 is 0. The van der Waals surface area contributed by atoms with E-state index in [1.807, 2.05) is 0 Å². The Balaban J connectivity index is 1.52. The van der Waals surface area contributed by atoms with Gasteiger partial charge in [0.05, 0.1) is 5.56 Å². The zero-order chi connectivity index (χ0) is 19.7. The predicted octanol–water partition coefficient (Wildman–Crippen LogP) is 3.78. The van der Waals surface area contributed by atoms with Gasteiger partial charge in [-0.15, -0.1) is 5.10 Å². The summed E-state index contributed by atoms with van der Waals surface area (Å²) in [4.78, 5) is 12.2. The first-order valence-electron chi connectivity index (χ1n) is 8.12. The van der Waals surface area contributed by atoms with Crippen molar-refractivity contribution in [2.75, 3.05) is 18.5 Å². The second-order valence-corrected chi connectivity index (χ2v) is 5.80. The number of benzene rings is 2. The summed E-state index contributed by atoms with van der Waals surface area (Å²) in [5.74, 6) is 0.420. The molecule has 0 atom stereocenters. The summed E-state index contributed by atoms with van der Waals surface area (Å²) in [7, 11) is 0. The molecule has 10 heteroatoms. The molecule has 3 aromatic rings. The number of rotatable bonds is 3. The van der Waals surface area contributed by atoms with E-state index < -0.39 is 17.6 Å². The highest BCUT2D eigenvalue weighted by Crippen LogP contribution is 2.34. The van der Waals surface area contributed by atoms with E-state index >= 15 is 0 Å². The maximum Gasteiger partial charge on any atom is 0.416 e. The molecule has 0 spiro atoms. The van der Waals surface area contributed by atoms with Gasteiger partial charge in [-0.25, -0.2) is 0 Å². The predicted molar refractivity (Wildman–Crippen MR) is 90.1 cm³/mol. The Hall–Kier alpha value is -3.56. The number of aromatic nitrogens is 2. The molecule has 0 radical (unpaired) electrons. The Morgan fingerprint density at radius 2 is 1.79 bits per heavy atom. The van der Waals surface area contributed by atoms with Crippen LogP contribution >= 0.6 is 0 Å². The number of hydrogen-bond donors (Lipinski definition) is 1. The fraction of sp³-hybridized carbons (Fsp3) is 0.167. The van der Waals surface area contributed by atoms with E-state index in [0.29, 0.717) is 30.3 Å². The lowest BCUT2D eigenvalue weighted by atomic mass is 10.1. The van der Waals surface area contributed by atoms with E-state index in [0.717, 1.165) is 18.2 Å². The highest BCUT2D eigenvalue weighted by molar-refractivity contribution is 6.03. The van der Waals surface area contributed by atoms with Gasteiger partial charge in [0.1, 0.15) is 13.2 Å². The fourth-order valence-electron chi connectivity index (χ4n) is 2.57. The van der Waals surface area contributed by atoms with Crippen LogP contribution in [0.15, 0.2) is 46.9 Å². The van der Waals surface area contributed by atoms with Crippen molar-refractivity contribution >= 4 is 11.9 Å². The van der Waals surface area contributed by atoms with Crippen LogP contribution in [0.4, 0.5) is 19.2 Å². The standard InChI is InChI=1S/C18H12F3N3O4/c19-18(20,21)12-3-1-2-10(8-12)15(25)22-17-24-23-16(28-17)11-4-5-13-14(9-11)27-7-6-26-13/h1-5,8-9H,6-7H2,(H,22,24,25). The van der Waals surface area contributed by atoms with Gasteiger partial charge >= 0.3 is 12.2 Å². The van der Waals surface area contributed by atoms with Crippen molar-refractivity contribution in [1.29, 1.82) is 0 Å². The molecule has 1 aliphatic rings. The van der Waals surface area contributed by atoms with Crippen LogP contribution in [0, 0.1) is 0 Å². The van der Waals surface area contributed by atoms with Gasteiger partial charge in [0, 0.05) is 11.1 Å². The third kappa shape index (κ3) is 3.61. The van der Waals surface area contributed by atoms with Gasteiger partial charge in [-0.05, 0) is 36.4 Å². The van der Waals surface area contributed by atoms with Crippen LogP contribution in [0.5, 0.6) is 11.5 Å². The molecule has 2 heterocycles. The van der Waals surface area contributed by atoms with Crippen LogP contribution in [0.1, 0.15) is 15.9 Å². The molecule has 0 saturated heterocycles. The molecule has 1 amide bonds. The minimum Gasteiger partial charge on any atom is -0.486 e. The SMILES string of the molecule is O=C(Nc1nnc(-c2ccc3c(c2)OCCO3)o1)c1cccc(C(F)(F)F)c1. The van der Waals surface area contributed by atoms with Crippen molar-refractivity contribution in [2.45, 2.75) is 6.18 Å². The highest BCUT2D eigenvalue weighted by atomic mass is 19.4. The lowest BCUT2D eigenvalue weighted by molar-refractivity contribution is -0.137. The number of halogens is 3. The molecule has 0 unspecified atom stereocenters. The Bertz CT molecular complexity index is 1030. The number of carbonyl (C=O) groups is 1. The number of carbonyl (C=O) groups excluding carboxylic acids is 1. The van der Waals surface area contributed by atoms with Crippen LogP contribution in [-0.2, 0) is 6.18 Å². The molecule has 1 N–H and O–H groups in total. The Labute approximate surface area is 156 Å². The van der Waals surface area contributed by atoms with Gasteiger partial charge in [0.15, 0.2) is 11.5 Å². The molecule has 1 aromatic heterocycles. The maximum absolute atomic E-state index is 12.8.